The van der Waals surface area contributed by atoms with Crippen molar-refractivity contribution in [2.24, 2.45) is 11.8 Å². The van der Waals surface area contributed by atoms with Gasteiger partial charge >= 0.3 is 0 Å². The van der Waals surface area contributed by atoms with Gasteiger partial charge in [0.25, 0.3) is 0 Å². The summed E-state index contributed by atoms with van der Waals surface area (Å²) in [5.74, 6) is 0.684. The average Bonchev–Trinajstić information content (AvgIpc) is 2.98. The van der Waals surface area contributed by atoms with Crippen LogP contribution < -0.4 is 5.32 Å². The number of halogens is 1. The second kappa shape index (κ2) is 4.68. The molecule has 0 spiro atoms. The van der Waals surface area contributed by atoms with Crippen molar-refractivity contribution in [1.29, 1.82) is 0 Å². The number of hydrogen-bond donors (Lipinski definition) is 2. The van der Waals surface area contributed by atoms with Gasteiger partial charge in [0, 0.05) is 29.6 Å². The third-order valence-electron chi connectivity index (χ3n) is 3.87. The molecule has 3 rings (SSSR count). The summed E-state index contributed by atoms with van der Waals surface area (Å²) in [6, 6.07) is 4.73. The first-order valence-electron chi connectivity index (χ1n) is 6.68. The van der Waals surface area contributed by atoms with E-state index in [0.29, 0.717) is 12.5 Å². The van der Waals surface area contributed by atoms with E-state index in [1.54, 1.807) is 6.07 Å². The van der Waals surface area contributed by atoms with Crippen LogP contribution in [0.4, 0.5) is 4.39 Å². The predicted molar refractivity (Wildman–Crippen MR) is 72.2 cm³/mol. The van der Waals surface area contributed by atoms with Crippen LogP contribution in [0.15, 0.2) is 24.4 Å². The van der Waals surface area contributed by atoms with Crippen LogP contribution in [-0.2, 0) is 11.2 Å². The van der Waals surface area contributed by atoms with E-state index < -0.39 is 0 Å². The monoisotopic (exact) mass is 260 g/mol. The molecule has 2 aromatic rings. The van der Waals surface area contributed by atoms with E-state index in [0.717, 1.165) is 29.3 Å². The third-order valence-corrected chi connectivity index (χ3v) is 3.87. The molecule has 0 saturated heterocycles. The van der Waals surface area contributed by atoms with Gasteiger partial charge in [0.2, 0.25) is 5.91 Å². The highest BCUT2D eigenvalue weighted by atomic mass is 19.1. The summed E-state index contributed by atoms with van der Waals surface area (Å²) < 4.78 is 13.1. The minimum atomic E-state index is -0.239. The van der Waals surface area contributed by atoms with E-state index >= 15 is 0 Å². The van der Waals surface area contributed by atoms with E-state index in [4.69, 9.17) is 0 Å². The molecule has 1 saturated carbocycles. The van der Waals surface area contributed by atoms with Crippen molar-refractivity contribution < 1.29 is 9.18 Å². The molecule has 2 unspecified atom stereocenters. The van der Waals surface area contributed by atoms with Crippen LogP contribution in [0.2, 0.25) is 0 Å². The van der Waals surface area contributed by atoms with Crippen molar-refractivity contribution in [3.63, 3.8) is 0 Å². The van der Waals surface area contributed by atoms with Gasteiger partial charge in [-0.3, -0.25) is 4.79 Å². The predicted octanol–water partition coefficient (Wildman–Crippen LogP) is 2.62. The average molecular weight is 260 g/mol. The van der Waals surface area contributed by atoms with Crippen LogP contribution in [0, 0.1) is 17.7 Å². The van der Waals surface area contributed by atoms with Gasteiger partial charge in [-0.1, -0.05) is 6.92 Å². The zero-order chi connectivity index (χ0) is 13.4. The number of amides is 1. The molecule has 1 fully saturated rings. The van der Waals surface area contributed by atoms with E-state index in [1.165, 1.54) is 12.1 Å². The van der Waals surface area contributed by atoms with E-state index in [9.17, 15) is 9.18 Å². The van der Waals surface area contributed by atoms with Gasteiger partial charge in [0.15, 0.2) is 0 Å². The van der Waals surface area contributed by atoms with Crippen LogP contribution in [0.25, 0.3) is 10.9 Å². The Labute approximate surface area is 111 Å². The van der Waals surface area contributed by atoms with Crippen molar-refractivity contribution >= 4 is 16.8 Å². The number of rotatable bonds is 4. The quantitative estimate of drug-likeness (QED) is 0.872. The highest BCUT2D eigenvalue weighted by Gasteiger charge is 2.38. The van der Waals surface area contributed by atoms with Gasteiger partial charge < -0.3 is 10.3 Å². The van der Waals surface area contributed by atoms with Crippen LogP contribution in [-0.4, -0.2) is 17.4 Å². The fourth-order valence-corrected chi connectivity index (χ4v) is 2.50. The highest BCUT2D eigenvalue weighted by molar-refractivity contribution is 5.83. The molecule has 0 radical (unpaired) electrons. The number of benzene rings is 1. The lowest BCUT2D eigenvalue weighted by molar-refractivity contribution is -0.122. The van der Waals surface area contributed by atoms with Crippen molar-refractivity contribution in [2.75, 3.05) is 6.54 Å². The summed E-state index contributed by atoms with van der Waals surface area (Å²) in [6.07, 6.45) is 3.66. The maximum absolute atomic E-state index is 13.1. The largest absolute Gasteiger partial charge is 0.361 e. The van der Waals surface area contributed by atoms with E-state index in [2.05, 4.69) is 17.2 Å². The summed E-state index contributed by atoms with van der Waals surface area (Å²) in [5.41, 5.74) is 1.91. The lowest BCUT2D eigenvalue weighted by atomic mass is 10.1. The summed E-state index contributed by atoms with van der Waals surface area (Å²) in [6.45, 7) is 2.73. The van der Waals surface area contributed by atoms with Gasteiger partial charge in [-0.25, -0.2) is 4.39 Å². The van der Waals surface area contributed by atoms with Crippen molar-refractivity contribution in [2.45, 2.75) is 19.8 Å². The van der Waals surface area contributed by atoms with Gasteiger partial charge in [-0.05, 0) is 42.5 Å². The number of fused-ring (bicyclic) bond motifs is 1. The third kappa shape index (κ3) is 2.48. The number of aromatic nitrogens is 1. The highest BCUT2D eigenvalue weighted by Crippen LogP contribution is 2.37. The second-order valence-electron chi connectivity index (χ2n) is 5.36. The number of hydrogen-bond acceptors (Lipinski definition) is 1. The molecule has 2 N–H and O–H groups in total. The Balaban J connectivity index is 1.61. The molecule has 0 bridgehead atoms. The van der Waals surface area contributed by atoms with Crippen LogP contribution in [0.1, 0.15) is 18.9 Å². The Bertz CT molecular complexity index is 620. The Morgan fingerprint density at radius 1 is 1.53 bits per heavy atom. The van der Waals surface area contributed by atoms with Crippen molar-refractivity contribution in [1.82, 2.24) is 10.3 Å². The molecule has 1 aromatic heterocycles. The lowest BCUT2D eigenvalue weighted by Gasteiger charge is -2.03. The summed E-state index contributed by atoms with van der Waals surface area (Å²) in [7, 11) is 0. The molecule has 4 heteroatoms. The van der Waals surface area contributed by atoms with Crippen molar-refractivity contribution in [3.05, 3.63) is 35.8 Å². The molecule has 1 aliphatic carbocycles. The van der Waals surface area contributed by atoms with Gasteiger partial charge in [-0.15, -0.1) is 0 Å². The van der Waals surface area contributed by atoms with Gasteiger partial charge in [0.1, 0.15) is 5.82 Å². The number of carbonyl (C=O) groups excluding carboxylic acids is 1. The minimum Gasteiger partial charge on any atom is -0.361 e. The number of carbonyl (C=O) groups is 1. The van der Waals surface area contributed by atoms with Crippen LogP contribution >= 0.6 is 0 Å². The number of H-pyrrole nitrogens is 1. The molecular weight excluding hydrogens is 243 g/mol. The second-order valence-corrected chi connectivity index (χ2v) is 5.36. The van der Waals surface area contributed by atoms with Crippen LogP contribution in [0.3, 0.4) is 0 Å². The number of aromatic amines is 1. The van der Waals surface area contributed by atoms with Crippen molar-refractivity contribution in [3.8, 4) is 0 Å². The fraction of sp³-hybridized carbons (Fsp3) is 0.400. The van der Waals surface area contributed by atoms with E-state index in [-0.39, 0.29) is 17.6 Å². The summed E-state index contributed by atoms with van der Waals surface area (Å²) in [4.78, 5) is 14.7. The van der Waals surface area contributed by atoms with Gasteiger partial charge in [0.05, 0.1) is 0 Å². The zero-order valence-corrected chi connectivity index (χ0v) is 10.9. The molecule has 1 aromatic carbocycles. The molecule has 19 heavy (non-hydrogen) atoms. The smallest absolute Gasteiger partial charge is 0.223 e. The SMILES string of the molecule is CC1CC1C(=O)NCCc1c[nH]c2cc(F)ccc12. The molecule has 1 amide bonds. The summed E-state index contributed by atoms with van der Waals surface area (Å²) in [5, 5.41) is 3.99. The first-order valence-corrected chi connectivity index (χ1v) is 6.68. The molecule has 1 heterocycles. The maximum Gasteiger partial charge on any atom is 0.223 e. The molecule has 0 aliphatic heterocycles. The zero-order valence-electron chi connectivity index (χ0n) is 10.9. The molecular formula is C15H17FN2O. The van der Waals surface area contributed by atoms with Crippen LogP contribution in [0.5, 0.6) is 0 Å². The molecule has 2 atom stereocenters. The fourth-order valence-electron chi connectivity index (χ4n) is 2.50. The normalized spacial score (nSPS) is 21.6. The first kappa shape index (κ1) is 12.2. The minimum absolute atomic E-state index is 0.165. The summed E-state index contributed by atoms with van der Waals surface area (Å²) >= 11 is 0. The lowest BCUT2D eigenvalue weighted by Crippen LogP contribution is -2.27. The molecule has 3 nitrogen and oxygen atoms in total. The first-order chi connectivity index (χ1) is 9.15. The molecule has 1 aliphatic rings. The number of nitrogens with one attached hydrogen (secondary N) is 2. The Hall–Kier alpha value is -1.84. The topological polar surface area (TPSA) is 44.9 Å². The standard InChI is InChI=1S/C15H17FN2O/c1-9-6-13(9)15(19)17-5-4-10-8-18-14-7-11(16)2-3-12(10)14/h2-3,7-9,13,18H,4-6H2,1H3,(H,17,19). The Kier molecular flexibility index (Phi) is 3.01. The Morgan fingerprint density at radius 2 is 2.32 bits per heavy atom. The van der Waals surface area contributed by atoms with Gasteiger partial charge in [-0.2, -0.15) is 0 Å². The Morgan fingerprint density at radius 3 is 3.05 bits per heavy atom. The maximum atomic E-state index is 13.1. The van der Waals surface area contributed by atoms with E-state index in [1.807, 2.05) is 6.20 Å². The molecule has 100 valence electrons.